The highest BCUT2D eigenvalue weighted by molar-refractivity contribution is 5.74. The molecule has 1 fully saturated rings. The van der Waals surface area contributed by atoms with E-state index in [1.54, 1.807) is 20.8 Å². The topological polar surface area (TPSA) is 69.7 Å². The van der Waals surface area contributed by atoms with Crippen LogP contribution in [-0.4, -0.2) is 35.7 Å². The number of benzene rings is 1. The summed E-state index contributed by atoms with van der Waals surface area (Å²) in [5.74, 6) is -2.15. The maximum Gasteiger partial charge on any atom is 0.410 e. The molecule has 0 unspecified atom stereocenters. The van der Waals surface area contributed by atoms with E-state index in [1.807, 2.05) is 24.3 Å². The molecule has 138 valence electrons. The van der Waals surface area contributed by atoms with E-state index >= 15 is 0 Å². The highest BCUT2D eigenvalue weighted by Gasteiger charge is 2.38. The molecule has 2 atom stereocenters. The van der Waals surface area contributed by atoms with Gasteiger partial charge in [0.15, 0.2) is 0 Å². The van der Waals surface area contributed by atoms with Gasteiger partial charge < -0.3 is 19.5 Å². The van der Waals surface area contributed by atoms with E-state index in [0.717, 1.165) is 11.1 Å². The van der Waals surface area contributed by atoms with Gasteiger partial charge in [0, 0.05) is 30.9 Å². The number of rotatable bonds is 2. The zero-order valence-electron chi connectivity index (χ0n) is 16.0. The van der Waals surface area contributed by atoms with Crippen molar-refractivity contribution in [1.82, 2.24) is 4.90 Å². The first-order valence-electron chi connectivity index (χ1n) is 8.68. The van der Waals surface area contributed by atoms with E-state index in [2.05, 4.69) is 20.8 Å². The maximum atomic E-state index is 12.3. The van der Waals surface area contributed by atoms with E-state index in [4.69, 9.17) is 4.74 Å². The Labute approximate surface area is 150 Å². The van der Waals surface area contributed by atoms with Gasteiger partial charge in [0.25, 0.3) is 0 Å². The number of carboxylic acid groups (broad SMARTS) is 1. The zero-order chi connectivity index (χ0) is 19.0. The van der Waals surface area contributed by atoms with Crippen LogP contribution in [0.15, 0.2) is 24.3 Å². The van der Waals surface area contributed by atoms with Gasteiger partial charge in [0.2, 0.25) is 0 Å². The largest absolute Gasteiger partial charge is 0.550 e. The number of amides is 1. The second-order valence-corrected chi connectivity index (χ2v) is 8.79. The molecule has 0 N–H and O–H groups in total. The summed E-state index contributed by atoms with van der Waals surface area (Å²) in [5, 5.41) is 11.6. The minimum absolute atomic E-state index is 0.0313. The number of carbonyl (C=O) groups is 2. The third-order valence-corrected chi connectivity index (χ3v) is 4.46. The molecule has 1 aromatic rings. The molecule has 1 aliphatic heterocycles. The molecule has 25 heavy (non-hydrogen) atoms. The Morgan fingerprint density at radius 3 is 2.28 bits per heavy atom. The molecule has 5 heteroatoms. The average Bonchev–Trinajstić information content (AvgIpc) is 2.90. The number of carboxylic acids is 1. The molecule has 2 rings (SSSR count). The Morgan fingerprint density at radius 2 is 1.76 bits per heavy atom. The van der Waals surface area contributed by atoms with Crippen molar-refractivity contribution in [2.75, 3.05) is 13.1 Å². The average molecular weight is 346 g/mol. The van der Waals surface area contributed by atoms with Crippen molar-refractivity contribution in [3.05, 3.63) is 35.4 Å². The number of likely N-dealkylation sites (tertiary alicyclic amines) is 1. The van der Waals surface area contributed by atoms with Crippen LogP contribution >= 0.6 is 0 Å². The number of aliphatic carboxylic acids is 1. The van der Waals surface area contributed by atoms with Gasteiger partial charge in [0.05, 0.1) is 0 Å². The molecule has 1 aliphatic rings. The predicted octanol–water partition coefficient (Wildman–Crippen LogP) is 2.68. The van der Waals surface area contributed by atoms with Crippen LogP contribution in [0.5, 0.6) is 0 Å². The van der Waals surface area contributed by atoms with Crippen molar-refractivity contribution in [3.63, 3.8) is 0 Å². The quantitative estimate of drug-likeness (QED) is 0.825. The molecule has 0 aliphatic carbocycles. The van der Waals surface area contributed by atoms with Crippen molar-refractivity contribution >= 4 is 12.1 Å². The van der Waals surface area contributed by atoms with Gasteiger partial charge in [0.1, 0.15) is 5.60 Å². The normalized spacial score (nSPS) is 21.3. The summed E-state index contributed by atoms with van der Waals surface area (Å²) in [4.78, 5) is 25.4. The van der Waals surface area contributed by atoms with Crippen LogP contribution < -0.4 is 5.11 Å². The van der Waals surface area contributed by atoms with Crippen molar-refractivity contribution in [1.29, 1.82) is 0 Å². The first-order chi connectivity index (χ1) is 11.4. The fourth-order valence-electron chi connectivity index (χ4n) is 3.09. The summed E-state index contributed by atoms with van der Waals surface area (Å²) in [5.41, 5.74) is 1.42. The molecule has 5 nitrogen and oxygen atoms in total. The SMILES string of the molecule is CC(C)(C)OC(=O)N1C[C@H](C(=O)[O-])[C@@H](c2cccc(C(C)(C)C)c2)C1. The van der Waals surface area contributed by atoms with E-state index in [9.17, 15) is 14.7 Å². The van der Waals surface area contributed by atoms with Crippen LogP contribution in [0.4, 0.5) is 4.79 Å². The third kappa shape index (κ3) is 4.74. The zero-order valence-corrected chi connectivity index (χ0v) is 16.0. The van der Waals surface area contributed by atoms with Gasteiger partial charge in [-0.05, 0) is 37.3 Å². The van der Waals surface area contributed by atoms with E-state index in [-0.39, 0.29) is 17.9 Å². The Morgan fingerprint density at radius 1 is 1.12 bits per heavy atom. The summed E-state index contributed by atoms with van der Waals surface area (Å²) >= 11 is 0. The Bertz CT molecular complexity index is 654. The Balaban J connectivity index is 2.27. The second-order valence-electron chi connectivity index (χ2n) is 8.79. The predicted molar refractivity (Wildman–Crippen MR) is 94.2 cm³/mol. The fourth-order valence-corrected chi connectivity index (χ4v) is 3.09. The highest BCUT2D eigenvalue weighted by Crippen LogP contribution is 2.35. The lowest BCUT2D eigenvalue weighted by Crippen LogP contribution is -2.38. The molecule has 1 aromatic carbocycles. The van der Waals surface area contributed by atoms with Gasteiger partial charge in [-0.15, -0.1) is 0 Å². The standard InChI is InChI=1S/C20H29NO4/c1-19(2,3)14-9-7-8-13(10-14)15-11-21(12-16(15)17(22)23)18(24)25-20(4,5)6/h7-10,15-16H,11-12H2,1-6H3,(H,22,23)/p-1/t15-,16+/m1/s1. The summed E-state index contributed by atoms with van der Waals surface area (Å²) < 4.78 is 5.39. The van der Waals surface area contributed by atoms with Gasteiger partial charge in [-0.25, -0.2) is 4.79 Å². The van der Waals surface area contributed by atoms with Crippen LogP contribution in [0.3, 0.4) is 0 Å². The Hall–Kier alpha value is -2.04. The Kier molecular flexibility index (Phi) is 5.17. The molecule has 1 saturated heterocycles. The van der Waals surface area contributed by atoms with Gasteiger partial charge in [-0.1, -0.05) is 45.0 Å². The maximum absolute atomic E-state index is 12.3. The summed E-state index contributed by atoms with van der Waals surface area (Å²) in [6.45, 7) is 12.2. The second kappa shape index (κ2) is 6.70. The molecular weight excluding hydrogens is 318 g/mol. The van der Waals surface area contributed by atoms with Crippen molar-refractivity contribution in [2.45, 2.75) is 58.5 Å². The van der Waals surface area contributed by atoms with Crippen molar-refractivity contribution < 1.29 is 19.4 Å². The van der Waals surface area contributed by atoms with Gasteiger partial charge in [-0.2, -0.15) is 0 Å². The minimum atomic E-state index is -1.13. The lowest BCUT2D eigenvalue weighted by molar-refractivity contribution is -0.311. The van der Waals surface area contributed by atoms with Crippen LogP contribution in [0.25, 0.3) is 0 Å². The molecule has 0 saturated carbocycles. The molecule has 0 spiro atoms. The van der Waals surface area contributed by atoms with Crippen LogP contribution in [-0.2, 0) is 14.9 Å². The molecule has 0 aromatic heterocycles. The van der Waals surface area contributed by atoms with Crippen molar-refractivity contribution in [3.8, 4) is 0 Å². The van der Waals surface area contributed by atoms with Crippen LogP contribution in [0.2, 0.25) is 0 Å². The number of hydrogen-bond donors (Lipinski definition) is 0. The molecule has 1 amide bonds. The molecule has 1 heterocycles. The van der Waals surface area contributed by atoms with E-state index in [1.165, 1.54) is 4.90 Å². The molecule has 0 radical (unpaired) electrons. The number of hydrogen-bond acceptors (Lipinski definition) is 4. The van der Waals surface area contributed by atoms with E-state index < -0.39 is 23.6 Å². The lowest BCUT2D eigenvalue weighted by Gasteiger charge is -2.24. The molecule has 0 bridgehead atoms. The summed E-state index contributed by atoms with van der Waals surface area (Å²) in [6.07, 6.45) is -0.478. The van der Waals surface area contributed by atoms with Crippen LogP contribution in [0.1, 0.15) is 58.6 Å². The third-order valence-electron chi connectivity index (χ3n) is 4.46. The van der Waals surface area contributed by atoms with Crippen LogP contribution in [0, 0.1) is 5.92 Å². The number of ether oxygens (including phenoxy) is 1. The summed E-state index contributed by atoms with van der Waals surface area (Å²) in [7, 11) is 0. The minimum Gasteiger partial charge on any atom is -0.550 e. The highest BCUT2D eigenvalue weighted by atomic mass is 16.6. The number of carbonyl (C=O) groups excluding carboxylic acids is 2. The monoisotopic (exact) mass is 346 g/mol. The number of nitrogens with zero attached hydrogens (tertiary/aromatic N) is 1. The van der Waals surface area contributed by atoms with E-state index in [0.29, 0.717) is 6.54 Å². The lowest BCUT2D eigenvalue weighted by atomic mass is 9.82. The van der Waals surface area contributed by atoms with Crippen molar-refractivity contribution in [2.24, 2.45) is 5.92 Å². The first kappa shape index (κ1) is 19.3. The molecular formula is C20H28NO4-. The van der Waals surface area contributed by atoms with Gasteiger partial charge in [-0.3, -0.25) is 0 Å². The first-order valence-corrected chi connectivity index (χ1v) is 8.68. The fraction of sp³-hybridized carbons (Fsp3) is 0.600. The summed E-state index contributed by atoms with van der Waals surface area (Å²) in [6, 6.07) is 7.95. The van der Waals surface area contributed by atoms with Gasteiger partial charge >= 0.3 is 6.09 Å². The smallest absolute Gasteiger partial charge is 0.410 e.